The zero-order chi connectivity index (χ0) is 18.4. The summed E-state index contributed by atoms with van der Waals surface area (Å²) < 4.78 is 45.8. The standard InChI is InChI=1S/C18H20FNO4S/c1-13(2)11-12-24-18(21)20-25(22,23)17-10-6-4-8-15(17)14-7-3-5-9-16(14)19/h3-10,13H,11-12H2,1-2H3,(H,20,21). The minimum atomic E-state index is -4.20. The van der Waals surface area contributed by atoms with Gasteiger partial charge in [0.05, 0.1) is 11.5 Å². The highest BCUT2D eigenvalue weighted by atomic mass is 32.2. The van der Waals surface area contributed by atoms with Crippen molar-refractivity contribution in [3.05, 3.63) is 54.3 Å². The average molecular weight is 365 g/mol. The molecule has 1 amide bonds. The number of hydrogen-bond donors (Lipinski definition) is 1. The minimum Gasteiger partial charge on any atom is -0.449 e. The van der Waals surface area contributed by atoms with E-state index < -0.39 is 21.9 Å². The molecule has 134 valence electrons. The number of carbonyl (C=O) groups is 1. The van der Waals surface area contributed by atoms with E-state index in [-0.39, 0.29) is 22.6 Å². The number of halogens is 1. The highest BCUT2D eigenvalue weighted by Crippen LogP contribution is 2.29. The van der Waals surface area contributed by atoms with Gasteiger partial charge in [-0.2, -0.15) is 0 Å². The number of hydrogen-bond acceptors (Lipinski definition) is 4. The summed E-state index contributed by atoms with van der Waals surface area (Å²) in [6, 6.07) is 11.7. The Kier molecular flexibility index (Phi) is 6.14. The molecule has 2 rings (SSSR count). The monoisotopic (exact) mass is 365 g/mol. The first kappa shape index (κ1) is 18.9. The molecule has 0 heterocycles. The summed E-state index contributed by atoms with van der Waals surface area (Å²) in [5.74, 6) is -0.226. The van der Waals surface area contributed by atoms with Crippen LogP contribution in [0.5, 0.6) is 0 Å². The third kappa shape index (κ3) is 5.03. The number of amides is 1. The number of nitrogens with one attached hydrogen (secondary N) is 1. The zero-order valence-electron chi connectivity index (χ0n) is 14.0. The van der Waals surface area contributed by atoms with Crippen LogP contribution < -0.4 is 4.72 Å². The molecule has 0 aliphatic heterocycles. The Hall–Kier alpha value is -2.41. The number of carbonyl (C=O) groups excluding carboxylic acids is 1. The van der Waals surface area contributed by atoms with E-state index in [9.17, 15) is 17.6 Å². The van der Waals surface area contributed by atoms with Gasteiger partial charge < -0.3 is 4.74 Å². The predicted octanol–water partition coefficient (Wildman–Crippen LogP) is 3.95. The van der Waals surface area contributed by atoms with Gasteiger partial charge >= 0.3 is 6.09 Å². The Morgan fingerprint density at radius 2 is 1.68 bits per heavy atom. The van der Waals surface area contributed by atoms with Gasteiger partial charge in [0.15, 0.2) is 0 Å². The summed E-state index contributed by atoms with van der Waals surface area (Å²) >= 11 is 0. The van der Waals surface area contributed by atoms with Gasteiger partial charge in [-0.25, -0.2) is 22.3 Å². The minimum absolute atomic E-state index is 0.119. The van der Waals surface area contributed by atoms with Crippen LogP contribution in [-0.2, 0) is 14.8 Å². The van der Waals surface area contributed by atoms with Crippen LogP contribution in [0.2, 0.25) is 0 Å². The Morgan fingerprint density at radius 3 is 2.32 bits per heavy atom. The van der Waals surface area contributed by atoms with Gasteiger partial charge in [-0.1, -0.05) is 50.2 Å². The van der Waals surface area contributed by atoms with Gasteiger partial charge in [-0.3, -0.25) is 0 Å². The van der Waals surface area contributed by atoms with Crippen LogP contribution in [0.1, 0.15) is 20.3 Å². The maximum atomic E-state index is 14.0. The number of sulfonamides is 1. The van der Waals surface area contributed by atoms with Crippen LogP contribution in [0.15, 0.2) is 53.4 Å². The van der Waals surface area contributed by atoms with Crippen molar-refractivity contribution in [3.8, 4) is 11.1 Å². The van der Waals surface area contributed by atoms with Crippen molar-refractivity contribution in [1.82, 2.24) is 4.72 Å². The lowest BCUT2D eigenvalue weighted by Crippen LogP contribution is -2.31. The molecule has 0 saturated carbocycles. The molecular formula is C18H20FNO4S. The lowest BCUT2D eigenvalue weighted by atomic mass is 10.1. The van der Waals surface area contributed by atoms with Crippen LogP contribution in [0.25, 0.3) is 11.1 Å². The zero-order valence-corrected chi connectivity index (χ0v) is 14.8. The van der Waals surface area contributed by atoms with Crippen molar-refractivity contribution < 1.29 is 22.3 Å². The largest absolute Gasteiger partial charge is 0.449 e. The van der Waals surface area contributed by atoms with Gasteiger partial charge in [0, 0.05) is 11.1 Å². The maximum Gasteiger partial charge on any atom is 0.421 e. The Morgan fingerprint density at radius 1 is 1.08 bits per heavy atom. The van der Waals surface area contributed by atoms with E-state index in [2.05, 4.69) is 0 Å². The van der Waals surface area contributed by atoms with Gasteiger partial charge in [0.1, 0.15) is 5.82 Å². The van der Waals surface area contributed by atoms with Gasteiger partial charge in [0.2, 0.25) is 0 Å². The molecule has 0 radical (unpaired) electrons. The Labute approximate surface area is 146 Å². The van der Waals surface area contributed by atoms with Crippen molar-refractivity contribution in [3.63, 3.8) is 0 Å². The molecule has 0 aliphatic carbocycles. The van der Waals surface area contributed by atoms with Gasteiger partial charge in [-0.15, -0.1) is 0 Å². The van der Waals surface area contributed by atoms with E-state index in [1.54, 1.807) is 12.1 Å². The first-order valence-electron chi connectivity index (χ1n) is 7.85. The second kappa shape index (κ2) is 8.11. The van der Waals surface area contributed by atoms with E-state index in [1.165, 1.54) is 36.4 Å². The second-order valence-corrected chi connectivity index (χ2v) is 7.55. The fraction of sp³-hybridized carbons (Fsp3) is 0.278. The molecule has 2 aromatic carbocycles. The maximum absolute atomic E-state index is 14.0. The van der Waals surface area contributed by atoms with Gasteiger partial charge in [-0.05, 0) is 24.5 Å². The van der Waals surface area contributed by atoms with Crippen molar-refractivity contribution in [2.24, 2.45) is 5.92 Å². The molecule has 0 atom stereocenters. The molecule has 5 nitrogen and oxygen atoms in total. The fourth-order valence-electron chi connectivity index (χ4n) is 2.18. The van der Waals surface area contributed by atoms with Gasteiger partial charge in [0.25, 0.3) is 10.0 Å². The smallest absolute Gasteiger partial charge is 0.421 e. The average Bonchev–Trinajstić information content (AvgIpc) is 2.54. The molecular weight excluding hydrogens is 345 g/mol. The van der Waals surface area contributed by atoms with E-state index in [4.69, 9.17) is 4.74 Å². The molecule has 0 saturated heterocycles. The van der Waals surface area contributed by atoms with Crippen LogP contribution in [0, 0.1) is 11.7 Å². The highest BCUT2D eigenvalue weighted by Gasteiger charge is 2.23. The van der Waals surface area contributed by atoms with Crippen molar-refractivity contribution in [2.75, 3.05) is 6.61 Å². The Bertz CT molecular complexity index is 850. The van der Waals surface area contributed by atoms with Crippen molar-refractivity contribution in [1.29, 1.82) is 0 Å². The van der Waals surface area contributed by atoms with Crippen molar-refractivity contribution in [2.45, 2.75) is 25.2 Å². The third-order valence-corrected chi connectivity index (χ3v) is 4.86. The molecule has 2 aromatic rings. The number of ether oxygens (including phenoxy) is 1. The quantitative estimate of drug-likeness (QED) is 0.841. The molecule has 1 N–H and O–H groups in total. The molecule has 0 bridgehead atoms. The molecule has 0 aliphatic rings. The summed E-state index contributed by atoms with van der Waals surface area (Å²) in [6.45, 7) is 4.04. The topological polar surface area (TPSA) is 72.5 Å². The molecule has 0 spiro atoms. The molecule has 0 aromatic heterocycles. The van der Waals surface area contributed by atoms with Crippen LogP contribution in [0.3, 0.4) is 0 Å². The molecule has 7 heteroatoms. The molecule has 0 unspecified atom stereocenters. The normalized spacial score (nSPS) is 11.4. The summed E-state index contributed by atoms with van der Waals surface area (Å²) in [5.41, 5.74) is 0.305. The molecule has 0 fully saturated rings. The van der Waals surface area contributed by atoms with Crippen LogP contribution >= 0.6 is 0 Å². The number of rotatable bonds is 6. The van der Waals surface area contributed by atoms with E-state index >= 15 is 0 Å². The van der Waals surface area contributed by atoms with E-state index in [0.29, 0.717) is 12.3 Å². The summed E-state index contributed by atoms with van der Waals surface area (Å²) in [6.07, 6.45) is -0.428. The highest BCUT2D eigenvalue weighted by molar-refractivity contribution is 7.90. The second-order valence-electron chi connectivity index (χ2n) is 5.90. The SMILES string of the molecule is CC(C)CCOC(=O)NS(=O)(=O)c1ccccc1-c1ccccc1F. The van der Waals surface area contributed by atoms with Crippen LogP contribution in [-0.4, -0.2) is 21.1 Å². The van der Waals surface area contributed by atoms with Crippen LogP contribution in [0.4, 0.5) is 9.18 Å². The summed E-state index contributed by atoms with van der Waals surface area (Å²) in [4.78, 5) is 11.5. The lowest BCUT2D eigenvalue weighted by molar-refractivity contribution is 0.146. The summed E-state index contributed by atoms with van der Waals surface area (Å²) in [5, 5.41) is 0. The Balaban J connectivity index is 2.26. The van der Waals surface area contributed by atoms with E-state index in [0.717, 1.165) is 0 Å². The molecule has 25 heavy (non-hydrogen) atoms. The first-order chi connectivity index (χ1) is 11.8. The van der Waals surface area contributed by atoms with Crippen molar-refractivity contribution >= 4 is 16.1 Å². The van der Waals surface area contributed by atoms with E-state index in [1.807, 2.05) is 18.6 Å². The predicted molar refractivity (Wildman–Crippen MR) is 93.0 cm³/mol. The number of benzene rings is 2. The lowest BCUT2D eigenvalue weighted by Gasteiger charge is -2.13. The summed E-state index contributed by atoms with van der Waals surface area (Å²) in [7, 11) is -4.20. The fourth-order valence-corrected chi connectivity index (χ4v) is 3.30. The third-order valence-electron chi connectivity index (χ3n) is 3.49. The first-order valence-corrected chi connectivity index (χ1v) is 9.33.